The van der Waals surface area contributed by atoms with Gasteiger partial charge >= 0.3 is 0 Å². The molecule has 0 aliphatic heterocycles. The third-order valence-electron chi connectivity index (χ3n) is 2.91. The van der Waals surface area contributed by atoms with Gasteiger partial charge in [-0.25, -0.2) is 13.8 Å². The number of thiazole rings is 1. The molecule has 0 bridgehead atoms. The van der Waals surface area contributed by atoms with E-state index in [4.69, 9.17) is 0 Å². The van der Waals surface area contributed by atoms with Crippen molar-refractivity contribution < 1.29 is 13.6 Å². The predicted octanol–water partition coefficient (Wildman–Crippen LogP) is 3.55. The van der Waals surface area contributed by atoms with Crippen LogP contribution in [0.3, 0.4) is 0 Å². The molecule has 0 radical (unpaired) electrons. The van der Waals surface area contributed by atoms with Crippen LogP contribution >= 0.6 is 11.3 Å². The van der Waals surface area contributed by atoms with Crippen molar-refractivity contribution in [1.29, 1.82) is 0 Å². The number of hydrogen-bond acceptors (Lipinski definition) is 3. The van der Waals surface area contributed by atoms with Gasteiger partial charge in [0.25, 0.3) is 5.91 Å². The lowest BCUT2D eigenvalue weighted by Gasteiger charge is -2.03. The molecule has 1 aliphatic carbocycles. The molecule has 1 amide bonds. The first kappa shape index (κ1) is 12.2. The molecule has 0 atom stereocenters. The number of nitrogens with zero attached hydrogens (tertiary/aromatic N) is 1. The Morgan fingerprint density at radius 2 is 2.16 bits per heavy atom. The summed E-state index contributed by atoms with van der Waals surface area (Å²) >= 11 is 1.31. The summed E-state index contributed by atoms with van der Waals surface area (Å²) in [7, 11) is 0. The van der Waals surface area contributed by atoms with Crippen LogP contribution in [0.4, 0.5) is 13.9 Å². The largest absolute Gasteiger partial charge is 0.298 e. The Kier molecular flexibility index (Phi) is 3.02. The normalized spacial score (nSPS) is 14.4. The summed E-state index contributed by atoms with van der Waals surface area (Å²) in [5.41, 5.74) is 0.782. The van der Waals surface area contributed by atoms with E-state index in [-0.39, 0.29) is 5.56 Å². The first-order chi connectivity index (χ1) is 9.13. The van der Waals surface area contributed by atoms with Gasteiger partial charge in [0.2, 0.25) is 0 Å². The Hall–Kier alpha value is -1.82. The SMILES string of the molecule is O=C(Nc1nc(C2CC2)cs1)c1ccc(F)cc1F. The van der Waals surface area contributed by atoms with E-state index >= 15 is 0 Å². The van der Waals surface area contributed by atoms with Crippen LogP contribution in [0.2, 0.25) is 0 Å². The van der Waals surface area contributed by atoms with Crippen LogP contribution in [0, 0.1) is 11.6 Å². The molecule has 0 unspecified atom stereocenters. The summed E-state index contributed by atoms with van der Waals surface area (Å²) in [6.45, 7) is 0. The maximum atomic E-state index is 13.4. The van der Waals surface area contributed by atoms with Gasteiger partial charge in [0.1, 0.15) is 11.6 Å². The van der Waals surface area contributed by atoms with Crippen molar-refractivity contribution in [3.63, 3.8) is 0 Å². The maximum Gasteiger partial charge on any atom is 0.260 e. The average Bonchev–Trinajstić information content (AvgIpc) is 3.10. The second-order valence-electron chi connectivity index (χ2n) is 4.43. The Balaban J connectivity index is 1.76. The molecule has 1 aliphatic rings. The smallest absolute Gasteiger partial charge is 0.260 e. The quantitative estimate of drug-likeness (QED) is 0.934. The van der Waals surface area contributed by atoms with Gasteiger partial charge in [-0.3, -0.25) is 10.1 Å². The van der Waals surface area contributed by atoms with Crippen molar-refractivity contribution in [3.05, 3.63) is 46.5 Å². The molecule has 1 saturated carbocycles. The van der Waals surface area contributed by atoms with Gasteiger partial charge in [0.15, 0.2) is 5.13 Å². The highest BCUT2D eigenvalue weighted by molar-refractivity contribution is 7.14. The van der Waals surface area contributed by atoms with E-state index in [0.29, 0.717) is 17.1 Å². The van der Waals surface area contributed by atoms with Crippen molar-refractivity contribution in [2.75, 3.05) is 5.32 Å². The van der Waals surface area contributed by atoms with E-state index in [1.807, 2.05) is 5.38 Å². The first-order valence-corrected chi connectivity index (χ1v) is 6.73. The minimum absolute atomic E-state index is 0.190. The van der Waals surface area contributed by atoms with Gasteiger partial charge in [-0.1, -0.05) is 0 Å². The minimum Gasteiger partial charge on any atom is -0.298 e. The highest BCUT2D eigenvalue weighted by atomic mass is 32.1. The molecule has 3 rings (SSSR count). The number of halogens is 2. The van der Waals surface area contributed by atoms with Gasteiger partial charge in [-0.2, -0.15) is 0 Å². The molecule has 0 saturated heterocycles. The van der Waals surface area contributed by atoms with E-state index in [1.165, 1.54) is 11.3 Å². The molecule has 6 heteroatoms. The third kappa shape index (κ3) is 2.63. The Morgan fingerprint density at radius 3 is 2.84 bits per heavy atom. The van der Waals surface area contributed by atoms with E-state index in [0.717, 1.165) is 30.7 Å². The highest BCUT2D eigenvalue weighted by Crippen LogP contribution is 2.40. The second-order valence-corrected chi connectivity index (χ2v) is 5.29. The van der Waals surface area contributed by atoms with Crippen LogP contribution < -0.4 is 5.32 Å². The number of aromatic nitrogens is 1. The maximum absolute atomic E-state index is 13.4. The number of benzene rings is 1. The zero-order valence-electron chi connectivity index (χ0n) is 9.82. The van der Waals surface area contributed by atoms with E-state index < -0.39 is 17.5 Å². The van der Waals surface area contributed by atoms with Crippen molar-refractivity contribution in [2.24, 2.45) is 0 Å². The summed E-state index contributed by atoms with van der Waals surface area (Å²) in [5, 5.41) is 4.87. The lowest BCUT2D eigenvalue weighted by Crippen LogP contribution is -2.13. The molecular formula is C13H10F2N2OS. The van der Waals surface area contributed by atoms with Crippen LogP contribution in [0.25, 0.3) is 0 Å². The standard InChI is InChI=1S/C13H10F2N2OS/c14-8-3-4-9(10(15)5-8)12(18)17-13-16-11(6-19-13)7-1-2-7/h3-7H,1-2H2,(H,16,17,18). The Morgan fingerprint density at radius 1 is 1.37 bits per heavy atom. The van der Waals surface area contributed by atoms with Crippen molar-refractivity contribution in [1.82, 2.24) is 4.98 Å². The highest BCUT2D eigenvalue weighted by Gasteiger charge is 2.26. The van der Waals surface area contributed by atoms with Crippen molar-refractivity contribution in [2.45, 2.75) is 18.8 Å². The second kappa shape index (κ2) is 4.70. The summed E-state index contributed by atoms with van der Waals surface area (Å²) in [6, 6.07) is 2.86. The van der Waals surface area contributed by atoms with Crippen LogP contribution in [0.1, 0.15) is 34.8 Å². The number of nitrogens with one attached hydrogen (secondary N) is 1. The molecule has 1 aromatic heterocycles. The van der Waals surface area contributed by atoms with Gasteiger partial charge in [-0.15, -0.1) is 11.3 Å². The van der Waals surface area contributed by atoms with Gasteiger partial charge < -0.3 is 0 Å². The molecule has 2 aromatic rings. The van der Waals surface area contributed by atoms with Crippen molar-refractivity contribution in [3.8, 4) is 0 Å². The number of anilines is 1. The van der Waals surface area contributed by atoms with Crippen LogP contribution in [-0.4, -0.2) is 10.9 Å². The summed E-state index contributed by atoms with van der Waals surface area (Å²) in [5.74, 6) is -1.70. The molecule has 0 spiro atoms. The molecule has 1 fully saturated rings. The molecule has 19 heavy (non-hydrogen) atoms. The number of carbonyl (C=O) groups excluding carboxylic acids is 1. The lowest BCUT2D eigenvalue weighted by atomic mass is 10.2. The molecule has 1 aromatic carbocycles. The fourth-order valence-corrected chi connectivity index (χ4v) is 2.54. The zero-order valence-corrected chi connectivity index (χ0v) is 10.6. The topological polar surface area (TPSA) is 42.0 Å². The van der Waals surface area contributed by atoms with Crippen LogP contribution in [0.5, 0.6) is 0 Å². The van der Waals surface area contributed by atoms with Gasteiger partial charge in [0.05, 0.1) is 11.3 Å². The predicted molar refractivity (Wildman–Crippen MR) is 68.4 cm³/mol. The average molecular weight is 280 g/mol. The minimum atomic E-state index is -0.878. The van der Waals surface area contributed by atoms with Crippen LogP contribution in [0.15, 0.2) is 23.6 Å². The molecule has 3 nitrogen and oxygen atoms in total. The van der Waals surface area contributed by atoms with Crippen LogP contribution in [-0.2, 0) is 0 Å². The Labute approximate surface area is 112 Å². The molecule has 98 valence electrons. The van der Waals surface area contributed by atoms with Gasteiger partial charge in [0, 0.05) is 17.4 Å². The number of carbonyl (C=O) groups is 1. The molecule has 1 N–H and O–H groups in total. The Bertz CT molecular complexity index is 637. The lowest BCUT2D eigenvalue weighted by molar-refractivity contribution is 0.102. The van der Waals surface area contributed by atoms with E-state index in [9.17, 15) is 13.6 Å². The number of rotatable bonds is 3. The fourth-order valence-electron chi connectivity index (χ4n) is 1.75. The van der Waals surface area contributed by atoms with E-state index in [2.05, 4.69) is 10.3 Å². The fraction of sp³-hybridized carbons (Fsp3) is 0.231. The monoisotopic (exact) mass is 280 g/mol. The summed E-state index contributed by atoms with van der Waals surface area (Å²) < 4.78 is 26.2. The van der Waals surface area contributed by atoms with E-state index in [1.54, 1.807) is 0 Å². The third-order valence-corrected chi connectivity index (χ3v) is 3.69. The van der Waals surface area contributed by atoms with Crippen molar-refractivity contribution >= 4 is 22.4 Å². The summed E-state index contributed by atoms with van der Waals surface area (Å²) in [4.78, 5) is 16.1. The number of amides is 1. The molecule has 1 heterocycles. The number of hydrogen-bond donors (Lipinski definition) is 1. The molecular weight excluding hydrogens is 270 g/mol. The van der Waals surface area contributed by atoms with Gasteiger partial charge in [-0.05, 0) is 25.0 Å². The first-order valence-electron chi connectivity index (χ1n) is 5.85. The zero-order chi connectivity index (χ0) is 13.4. The summed E-state index contributed by atoms with van der Waals surface area (Å²) in [6.07, 6.45) is 2.26.